The third kappa shape index (κ3) is 2.23. The van der Waals surface area contributed by atoms with Crippen molar-refractivity contribution in [2.75, 3.05) is 7.11 Å². The van der Waals surface area contributed by atoms with Gasteiger partial charge in [-0.05, 0) is 12.1 Å². The minimum atomic E-state index is -3.66. The number of nitriles is 1. The van der Waals surface area contributed by atoms with Crippen LogP contribution in [-0.2, 0) is 5.92 Å². The van der Waals surface area contributed by atoms with E-state index in [0.29, 0.717) is 0 Å². The Hall–Kier alpha value is -1.38. The van der Waals surface area contributed by atoms with Crippen molar-refractivity contribution in [2.45, 2.75) is 12.0 Å². The smallest absolute Gasteiger partial charge is 0.311 e. The van der Waals surface area contributed by atoms with Gasteiger partial charge in [-0.15, -0.1) is 0 Å². The molecule has 1 N–H and O–H groups in total. The second-order valence-electron chi connectivity index (χ2n) is 3.00. The van der Waals surface area contributed by atoms with Crippen molar-refractivity contribution in [3.8, 4) is 11.8 Å². The first-order valence-electron chi connectivity index (χ1n) is 4.23. The van der Waals surface area contributed by atoms with Crippen molar-refractivity contribution in [3.05, 3.63) is 28.8 Å². The van der Waals surface area contributed by atoms with Gasteiger partial charge in [0.2, 0.25) is 6.10 Å². The van der Waals surface area contributed by atoms with E-state index in [2.05, 4.69) is 0 Å². The van der Waals surface area contributed by atoms with Gasteiger partial charge < -0.3 is 9.84 Å². The molecule has 0 spiro atoms. The van der Waals surface area contributed by atoms with Gasteiger partial charge in [-0.3, -0.25) is 0 Å². The van der Waals surface area contributed by atoms with Crippen LogP contribution in [0.25, 0.3) is 0 Å². The fraction of sp³-hybridized carbons (Fsp3) is 0.300. The van der Waals surface area contributed by atoms with Crippen LogP contribution in [-0.4, -0.2) is 18.3 Å². The molecule has 0 fully saturated rings. The lowest BCUT2D eigenvalue weighted by atomic mass is 10.0. The normalized spacial score (nSPS) is 13.0. The lowest BCUT2D eigenvalue weighted by molar-refractivity contribution is -0.0893. The van der Waals surface area contributed by atoms with Gasteiger partial charge in [-0.2, -0.15) is 14.0 Å². The van der Waals surface area contributed by atoms with Crippen molar-refractivity contribution >= 4 is 11.6 Å². The van der Waals surface area contributed by atoms with Gasteiger partial charge in [-0.1, -0.05) is 17.7 Å². The molecular weight excluding hydrogens is 240 g/mol. The zero-order valence-corrected chi connectivity index (χ0v) is 9.00. The molecule has 16 heavy (non-hydrogen) atoms. The van der Waals surface area contributed by atoms with E-state index in [-0.39, 0.29) is 10.8 Å². The van der Waals surface area contributed by atoms with E-state index in [4.69, 9.17) is 26.7 Å². The van der Waals surface area contributed by atoms with Gasteiger partial charge in [0, 0.05) is 5.56 Å². The highest BCUT2D eigenvalue weighted by molar-refractivity contribution is 6.32. The van der Waals surface area contributed by atoms with Gasteiger partial charge in [0.05, 0.1) is 12.1 Å². The van der Waals surface area contributed by atoms with Crippen molar-refractivity contribution < 1.29 is 18.6 Å². The molecule has 0 aromatic heterocycles. The molecule has 1 rings (SSSR count). The molecule has 1 unspecified atom stereocenters. The average molecular weight is 248 g/mol. The largest absolute Gasteiger partial charge is 0.495 e. The Balaban J connectivity index is 3.19. The Morgan fingerprint density at radius 3 is 2.69 bits per heavy atom. The summed E-state index contributed by atoms with van der Waals surface area (Å²) in [7, 11) is 1.28. The maximum Gasteiger partial charge on any atom is 0.311 e. The number of hydrogen-bond acceptors (Lipinski definition) is 3. The number of methoxy groups -OCH3 is 1. The minimum Gasteiger partial charge on any atom is -0.495 e. The Morgan fingerprint density at radius 2 is 2.19 bits per heavy atom. The third-order valence-corrected chi connectivity index (χ3v) is 2.31. The predicted octanol–water partition coefficient (Wildman–Crippen LogP) is 2.32. The van der Waals surface area contributed by atoms with Crippen LogP contribution in [0.2, 0.25) is 5.02 Å². The second-order valence-corrected chi connectivity index (χ2v) is 3.41. The molecule has 0 aliphatic carbocycles. The quantitative estimate of drug-likeness (QED) is 0.834. The highest BCUT2D eigenvalue weighted by Crippen LogP contribution is 2.36. The maximum atomic E-state index is 13.4. The first-order chi connectivity index (χ1) is 7.43. The highest BCUT2D eigenvalue weighted by Gasteiger charge is 2.41. The van der Waals surface area contributed by atoms with Gasteiger partial charge in [0.25, 0.3) is 0 Å². The van der Waals surface area contributed by atoms with Gasteiger partial charge in [0.15, 0.2) is 0 Å². The van der Waals surface area contributed by atoms with Crippen LogP contribution < -0.4 is 4.74 Å². The van der Waals surface area contributed by atoms with E-state index in [1.807, 2.05) is 0 Å². The van der Waals surface area contributed by atoms with E-state index in [1.165, 1.54) is 13.2 Å². The third-order valence-electron chi connectivity index (χ3n) is 2.00. The maximum absolute atomic E-state index is 13.4. The topological polar surface area (TPSA) is 53.2 Å². The van der Waals surface area contributed by atoms with Crippen LogP contribution >= 0.6 is 11.6 Å². The minimum absolute atomic E-state index is 0.0592. The number of rotatable bonds is 3. The summed E-state index contributed by atoms with van der Waals surface area (Å²) in [6.07, 6.45) is -2.40. The molecule has 1 atom stereocenters. The van der Waals surface area contributed by atoms with Gasteiger partial charge in [-0.25, -0.2) is 0 Å². The van der Waals surface area contributed by atoms with Gasteiger partial charge >= 0.3 is 5.92 Å². The van der Waals surface area contributed by atoms with E-state index < -0.39 is 17.6 Å². The molecule has 0 aliphatic rings. The molecule has 0 saturated carbocycles. The average Bonchev–Trinajstić information content (AvgIpc) is 2.28. The lowest BCUT2D eigenvalue weighted by Gasteiger charge is -2.18. The molecule has 86 valence electrons. The molecule has 6 heteroatoms. The number of hydrogen-bond donors (Lipinski definition) is 1. The SMILES string of the molecule is COc1cc(C(F)(F)C(O)C#N)ccc1Cl. The van der Waals surface area contributed by atoms with E-state index in [9.17, 15) is 8.78 Å². The first-order valence-corrected chi connectivity index (χ1v) is 4.60. The summed E-state index contributed by atoms with van der Waals surface area (Å²) < 4.78 is 31.6. The number of benzene rings is 1. The second kappa shape index (κ2) is 4.64. The zero-order valence-electron chi connectivity index (χ0n) is 8.25. The summed E-state index contributed by atoms with van der Waals surface area (Å²) in [5.41, 5.74) is -0.525. The molecule has 0 amide bonds. The summed E-state index contributed by atoms with van der Waals surface area (Å²) in [5, 5.41) is 17.3. The van der Waals surface area contributed by atoms with Crippen LogP contribution in [0.1, 0.15) is 5.56 Å². The molecule has 0 aliphatic heterocycles. The zero-order chi connectivity index (χ0) is 12.3. The molecular formula is C10H8ClF2NO2. The van der Waals surface area contributed by atoms with Crippen molar-refractivity contribution in [2.24, 2.45) is 0 Å². The Kier molecular flexibility index (Phi) is 3.68. The number of alkyl halides is 2. The van der Waals surface area contributed by atoms with E-state index in [1.54, 1.807) is 0 Å². The van der Waals surface area contributed by atoms with Crippen LogP contribution in [0.15, 0.2) is 18.2 Å². The number of aliphatic hydroxyl groups excluding tert-OH is 1. The van der Waals surface area contributed by atoms with Crippen LogP contribution in [0.4, 0.5) is 8.78 Å². The number of halogens is 3. The molecule has 0 heterocycles. The fourth-order valence-electron chi connectivity index (χ4n) is 1.11. The van der Waals surface area contributed by atoms with Crippen LogP contribution in [0, 0.1) is 11.3 Å². The molecule has 0 radical (unpaired) electrons. The number of ether oxygens (including phenoxy) is 1. The molecule has 0 saturated heterocycles. The van der Waals surface area contributed by atoms with Crippen molar-refractivity contribution in [1.29, 1.82) is 5.26 Å². The monoisotopic (exact) mass is 247 g/mol. The Bertz CT molecular complexity index is 431. The Labute approximate surface area is 95.8 Å². The summed E-state index contributed by atoms with van der Waals surface area (Å²) in [5.74, 6) is -3.60. The summed E-state index contributed by atoms with van der Waals surface area (Å²) in [6, 6.07) is 4.33. The van der Waals surface area contributed by atoms with Crippen molar-refractivity contribution in [1.82, 2.24) is 0 Å². The lowest BCUT2D eigenvalue weighted by Crippen LogP contribution is -2.29. The Morgan fingerprint density at radius 1 is 1.56 bits per heavy atom. The predicted molar refractivity (Wildman–Crippen MR) is 53.5 cm³/mol. The molecule has 0 bridgehead atoms. The summed E-state index contributed by atoms with van der Waals surface area (Å²) >= 11 is 5.66. The molecule has 1 aromatic rings. The van der Waals surface area contributed by atoms with E-state index >= 15 is 0 Å². The number of nitrogens with zero attached hydrogens (tertiary/aromatic N) is 1. The number of aliphatic hydroxyl groups is 1. The van der Waals surface area contributed by atoms with Crippen molar-refractivity contribution in [3.63, 3.8) is 0 Å². The van der Waals surface area contributed by atoms with Gasteiger partial charge in [0.1, 0.15) is 11.8 Å². The van der Waals surface area contributed by atoms with Crippen LogP contribution in [0.5, 0.6) is 5.75 Å². The highest BCUT2D eigenvalue weighted by atomic mass is 35.5. The standard InChI is InChI=1S/C10H8ClF2NO2/c1-16-8-4-6(2-3-7(8)11)10(12,13)9(15)5-14/h2-4,9,15H,1H3. The summed E-state index contributed by atoms with van der Waals surface area (Å²) in [6.45, 7) is 0. The fourth-order valence-corrected chi connectivity index (χ4v) is 1.30. The molecule has 3 nitrogen and oxygen atoms in total. The molecule has 1 aromatic carbocycles. The van der Waals surface area contributed by atoms with E-state index in [0.717, 1.165) is 18.2 Å². The summed E-state index contributed by atoms with van der Waals surface area (Å²) in [4.78, 5) is 0. The van der Waals surface area contributed by atoms with Crippen LogP contribution in [0.3, 0.4) is 0 Å². The first kappa shape index (κ1) is 12.7.